The monoisotopic (exact) mass is 348 g/mol. The summed E-state index contributed by atoms with van der Waals surface area (Å²) in [4.78, 5) is 28.5. The third kappa shape index (κ3) is 4.16. The lowest BCUT2D eigenvalue weighted by Crippen LogP contribution is -2.31. The Hall–Kier alpha value is -3.41. The number of nitrogens with one attached hydrogen (secondary N) is 2. The van der Waals surface area contributed by atoms with E-state index < -0.39 is 0 Å². The number of para-hydroxylation sites is 2. The van der Waals surface area contributed by atoms with E-state index in [2.05, 4.69) is 15.6 Å². The summed E-state index contributed by atoms with van der Waals surface area (Å²) < 4.78 is 1.49. The predicted molar refractivity (Wildman–Crippen MR) is 102 cm³/mol. The number of aryl methyl sites for hydroxylation is 1. The van der Waals surface area contributed by atoms with E-state index in [0.717, 1.165) is 11.4 Å². The molecule has 0 atom stereocenters. The fourth-order valence-corrected chi connectivity index (χ4v) is 2.57. The van der Waals surface area contributed by atoms with E-state index >= 15 is 0 Å². The number of rotatable bonds is 6. The molecule has 1 heterocycles. The van der Waals surface area contributed by atoms with Crippen LogP contribution in [0.1, 0.15) is 15.9 Å². The first-order valence-corrected chi connectivity index (χ1v) is 8.35. The van der Waals surface area contributed by atoms with Crippen molar-refractivity contribution in [2.75, 3.05) is 11.9 Å². The molecule has 6 heteroatoms. The molecule has 0 fully saturated rings. The van der Waals surface area contributed by atoms with Crippen molar-refractivity contribution in [3.8, 4) is 0 Å². The van der Waals surface area contributed by atoms with Gasteiger partial charge in [-0.3, -0.25) is 14.2 Å². The predicted octanol–water partition coefficient (Wildman–Crippen LogP) is 2.73. The zero-order valence-electron chi connectivity index (χ0n) is 14.5. The summed E-state index contributed by atoms with van der Waals surface area (Å²) in [7, 11) is 0. The van der Waals surface area contributed by atoms with E-state index in [1.54, 1.807) is 13.0 Å². The zero-order valence-corrected chi connectivity index (χ0v) is 14.5. The van der Waals surface area contributed by atoms with Crippen molar-refractivity contribution >= 4 is 17.3 Å². The Balaban J connectivity index is 1.66. The molecule has 3 aromatic rings. The van der Waals surface area contributed by atoms with Gasteiger partial charge in [-0.15, -0.1) is 0 Å². The summed E-state index contributed by atoms with van der Waals surface area (Å²) in [5.74, 6) is -0.197. The highest BCUT2D eigenvalue weighted by Gasteiger charge is 2.11. The maximum absolute atomic E-state index is 12.5. The number of carbonyl (C=O) groups excluding carboxylic acids is 1. The maximum atomic E-state index is 12.5. The second-order valence-corrected chi connectivity index (χ2v) is 5.87. The molecule has 0 saturated carbocycles. The van der Waals surface area contributed by atoms with Gasteiger partial charge in [-0.2, -0.15) is 0 Å². The molecular weight excluding hydrogens is 328 g/mol. The van der Waals surface area contributed by atoms with Crippen LogP contribution in [0.25, 0.3) is 0 Å². The first-order valence-electron chi connectivity index (χ1n) is 8.35. The lowest BCUT2D eigenvalue weighted by Gasteiger charge is -2.12. The minimum atomic E-state index is -0.197. The van der Waals surface area contributed by atoms with Crippen molar-refractivity contribution in [2.45, 2.75) is 13.5 Å². The number of aromatic nitrogens is 2. The lowest BCUT2D eigenvalue weighted by molar-refractivity contribution is 0.0953. The average Bonchev–Trinajstić information content (AvgIpc) is 2.66. The van der Waals surface area contributed by atoms with Gasteiger partial charge in [0.2, 0.25) is 0 Å². The van der Waals surface area contributed by atoms with Gasteiger partial charge < -0.3 is 10.6 Å². The van der Waals surface area contributed by atoms with E-state index in [9.17, 15) is 9.59 Å². The van der Waals surface area contributed by atoms with Crippen LogP contribution in [0.3, 0.4) is 0 Å². The average molecular weight is 348 g/mol. The van der Waals surface area contributed by atoms with Gasteiger partial charge in [-0.05, 0) is 31.2 Å². The van der Waals surface area contributed by atoms with Crippen LogP contribution in [0.15, 0.2) is 71.9 Å². The number of carbonyl (C=O) groups is 1. The Morgan fingerprint density at radius 2 is 1.81 bits per heavy atom. The highest BCUT2D eigenvalue weighted by molar-refractivity contribution is 6.00. The normalized spacial score (nSPS) is 10.3. The summed E-state index contributed by atoms with van der Waals surface area (Å²) in [6.45, 7) is 2.42. The highest BCUT2D eigenvalue weighted by atomic mass is 16.1. The molecule has 0 aliphatic heterocycles. The van der Waals surface area contributed by atoms with Gasteiger partial charge in [0.1, 0.15) is 0 Å². The third-order valence-electron chi connectivity index (χ3n) is 3.94. The summed E-state index contributed by atoms with van der Waals surface area (Å²) in [5.41, 5.74) is 2.67. The molecule has 26 heavy (non-hydrogen) atoms. The van der Waals surface area contributed by atoms with Gasteiger partial charge in [-0.1, -0.05) is 30.3 Å². The molecule has 0 aliphatic rings. The van der Waals surface area contributed by atoms with Crippen LogP contribution in [-0.2, 0) is 6.54 Å². The smallest absolute Gasteiger partial charge is 0.256 e. The summed E-state index contributed by atoms with van der Waals surface area (Å²) in [6.07, 6.45) is 3.01. The molecule has 0 unspecified atom stereocenters. The quantitative estimate of drug-likeness (QED) is 0.718. The number of amides is 1. The second-order valence-electron chi connectivity index (χ2n) is 5.87. The summed E-state index contributed by atoms with van der Waals surface area (Å²) in [5, 5.41) is 6.11. The first-order chi connectivity index (χ1) is 12.6. The summed E-state index contributed by atoms with van der Waals surface area (Å²) in [6, 6.07) is 17.0. The Morgan fingerprint density at radius 3 is 2.62 bits per heavy atom. The van der Waals surface area contributed by atoms with Gasteiger partial charge in [0.05, 0.1) is 17.6 Å². The molecule has 132 valence electrons. The minimum absolute atomic E-state index is 0.0969. The minimum Gasteiger partial charge on any atom is -0.355 e. The molecule has 1 aromatic heterocycles. The number of hydrogen-bond acceptors (Lipinski definition) is 4. The number of anilines is 2. The molecule has 0 spiro atoms. The van der Waals surface area contributed by atoms with Crippen molar-refractivity contribution in [1.82, 2.24) is 14.9 Å². The van der Waals surface area contributed by atoms with Crippen LogP contribution in [0.4, 0.5) is 11.4 Å². The lowest BCUT2D eigenvalue weighted by atomic mass is 10.1. The highest BCUT2D eigenvalue weighted by Crippen LogP contribution is 2.20. The molecule has 6 nitrogen and oxygen atoms in total. The Labute approximate surface area is 151 Å². The Kier molecular flexibility index (Phi) is 5.43. The van der Waals surface area contributed by atoms with Crippen molar-refractivity contribution in [2.24, 2.45) is 0 Å². The maximum Gasteiger partial charge on any atom is 0.256 e. The van der Waals surface area contributed by atoms with Crippen LogP contribution in [0, 0.1) is 6.92 Å². The van der Waals surface area contributed by atoms with E-state index in [4.69, 9.17) is 0 Å². The number of hydrogen-bond donors (Lipinski definition) is 2. The topological polar surface area (TPSA) is 76.0 Å². The fourth-order valence-electron chi connectivity index (χ4n) is 2.57. The van der Waals surface area contributed by atoms with Crippen LogP contribution >= 0.6 is 0 Å². The van der Waals surface area contributed by atoms with Gasteiger partial charge in [0.15, 0.2) is 0 Å². The molecule has 1 amide bonds. The number of benzene rings is 2. The van der Waals surface area contributed by atoms with Crippen molar-refractivity contribution in [1.29, 1.82) is 0 Å². The Bertz CT molecular complexity index is 951. The Morgan fingerprint density at radius 1 is 1.08 bits per heavy atom. The third-order valence-corrected chi connectivity index (χ3v) is 3.94. The van der Waals surface area contributed by atoms with Gasteiger partial charge in [0.25, 0.3) is 11.5 Å². The fraction of sp³-hybridized carbons (Fsp3) is 0.150. The van der Waals surface area contributed by atoms with Crippen LogP contribution in [0.2, 0.25) is 0 Å². The van der Waals surface area contributed by atoms with Crippen LogP contribution in [0.5, 0.6) is 0 Å². The zero-order chi connectivity index (χ0) is 18.4. The molecule has 0 bridgehead atoms. The van der Waals surface area contributed by atoms with E-state index in [-0.39, 0.29) is 11.5 Å². The molecule has 0 saturated heterocycles. The van der Waals surface area contributed by atoms with Crippen molar-refractivity contribution in [3.63, 3.8) is 0 Å². The van der Waals surface area contributed by atoms with Gasteiger partial charge >= 0.3 is 0 Å². The first kappa shape index (κ1) is 17.4. The summed E-state index contributed by atoms with van der Waals surface area (Å²) >= 11 is 0. The largest absolute Gasteiger partial charge is 0.355 e. The van der Waals surface area contributed by atoms with Crippen LogP contribution in [-0.4, -0.2) is 22.0 Å². The second kappa shape index (κ2) is 8.11. The van der Waals surface area contributed by atoms with Gasteiger partial charge in [-0.25, -0.2) is 4.98 Å². The molecule has 3 rings (SSSR count). The molecule has 2 N–H and O–H groups in total. The van der Waals surface area contributed by atoms with E-state index in [0.29, 0.717) is 24.2 Å². The van der Waals surface area contributed by atoms with Gasteiger partial charge in [0, 0.05) is 30.5 Å². The molecule has 2 aromatic carbocycles. The van der Waals surface area contributed by atoms with Crippen LogP contribution < -0.4 is 16.2 Å². The number of nitrogens with zero attached hydrogens (tertiary/aromatic N) is 2. The van der Waals surface area contributed by atoms with Crippen molar-refractivity contribution in [3.05, 3.63) is 88.6 Å². The molecular formula is C20H20N4O2. The standard InChI is InChI=1S/C20H20N4O2/c1-15-13-21-14-24(20(15)26)12-11-22-19(25)17-9-5-6-10-18(17)23-16-7-3-2-4-8-16/h2-10,13-14,23H,11-12H2,1H3,(H,22,25). The van der Waals surface area contributed by atoms with Crippen molar-refractivity contribution < 1.29 is 4.79 Å². The van der Waals surface area contributed by atoms with E-state index in [1.165, 1.54) is 17.1 Å². The molecule has 0 radical (unpaired) electrons. The SMILES string of the molecule is Cc1cncn(CCNC(=O)c2ccccc2Nc2ccccc2)c1=O. The van der Waals surface area contributed by atoms with E-state index in [1.807, 2.05) is 48.5 Å². The molecule has 0 aliphatic carbocycles.